The summed E-state index contributed by atoms with van der Waals surface area (Å²) in [6.45, 7) is 1.45. The Bertz CT molecular complexity index is 862. The summed E-state index contributed by atoms with van der Waals surface area (Å²) in [6, 6.07) is 1.77. The number of likely N-dealkylation sites (tertiary alicyclic amines) is 1. The lowest BCUT2D eigenvalue weighted by molar-refractivity contribution is 0.0784. The summed E-state index contributed by atoms with van der Waals surface area (Å²) in [6.07, 6.45) is 4.75. The van der Waals surface area contributed by atoms with Crippen molar-refractivity contribution in [3.05, 3.63) is 35.2 Å². The van der Waals surface area contributed by atoms with Gasteiger partial charge >= 0.3 is 0 Å². The highest BCUT2D eigenvalue weighted by Gasteiger charge is 2.32. The zero-order valence-electron chi connectivity index (χ0n) is 13.1. The molecule has 0 aromatic carbocycles. The van der Waals surface area contributed by atoms with E-state index in [0.29, 0.717) is 12.2 Å². The Morgan fingerprint density at radius 3 is 3.04 bits per heavy atom. The molecule has 4 heterocycles. The summed E-state index contributed by atoms with van der Waals surface area (Å²) >= 11 is 1.69. The van der Waals surface area contributed by atoms with Crippen LogP contribution >= 0.6 is 11.3 Å². The Kier molecular flexibility index (Phi) is 3.33. The minimum Gasteiger partial charge on any atom is -0.358 e. The van der Waals surface area contributed by atoms with E-state index in [1.165, 1.54) is 0 Å². The van der Waals surface area contributed by atoms with Crippen LogP contribution in [0.3, 0.4) is 0 Å². The van der Waals surface area contributed by atoms with Crippen molar-refractivity contribution < 1.29 is 4.79 Å². The van der Waals surface area contributed by atoms with E-state index in [9.17, 15) is 4.79 Å². The van der Waals surface area contributed by atoms with Gasteiger partial charge in [0.15, 0.2) is 0 Å². The summed E-state index contributed by atoms with van der Waals surface area (Å²) in [4.78, 5) is 20.3. The van der Waals surface area contributed by atoms with Crippen molar-refractivity contribution in [1.29, 1.82) is 0 Å². The molecule has 1 aliphatic heterocycles. The largest absolute Gasteiger partial charge is 0.358 e. The maximum absolute atomic E-state index is 12.5. The standard InChI is InChI=1S/C15H18N6OS/c1-16-15-17-12(14-21(15)7-8-23-14)10-3-6-20(9-10)13(22)11-4-5-19(2)18-11/h4-5,7-8,10H,3,6,9H2,1-2H3,(H,16,17). The van der Waals surface area contributed by atoms with Gasteiger partial charge in [-0.3, -0.25) is 13.9 Å². The quantitative estimate of drug-likeness (QED) is 0.795. The first kappa shape index (κ1) is 14.3. The number of anilines is 1. The van der Waals surface area contributed by atoms with Crippen LogP contribution < -0.4 is 5.32 Å². The van der Waals surface area contributed by atoms with Crippen LogP contribution in [0.5, 0.6) is 0 Å². The lowest BCUT2D eigenvalue weighted by atomic mass is 10.1. The molecule has 1 saturated heterocycles. The van der Waals surface area contributed by atoms with E-state index in [1.54, 1.807) is 28.3 Å². The number of carbonyl (C=O) groups is 1. The van der Waals surface area contributed by atoms with Crippen molar-refractivity contribution in [3.8, 4) is 0 Å². The van der Waals surface area contributed by atoms with Crippen LogP contribution in [0.15, 0.2) is 23.8 Å². The molecule has 1 amide bonds. The average molecular weight is 330 g/mol. The number of nitrogens with zero attached hydrogens (tertiary/aromatic N) is 5. The number of fused-ring (bicyclic) bond motifs is 1. The number of thiazole rings is 1. The van der Waals surface area contributed by atoms with Gasteiger partial charge in [-0.05, 0) is 12.5 Å². The first-order valence-corrected chi connectivity index (χ1v) is 8.47. The third kappa shape index (κ3) is 2.29. The minimum atomic E-state index is 0.00331. The molecule has 8 heteroatoms. The van der Waals surface area contributed by atoms with Crippen LogP contribution in [0.4, 0.5) is 5.95 Å². The maximum Gasteiger partial charge on any atom is 0.274 e. The summed E-state index contributed by atoms with van der Waals surface area (Å²) < 4.78 is 3.73. The number of hydrogen-bond donors (Lipinski definition) is 1. The molecule has 1 N–H and O–H groups in total. The second-order valence-electron chi connectivity index (χ2n) is 5.76. The van der Waals surface area contributed by atoms with Crippen LogP contribution in [-0.2, 0) is 7.05 Å². The van der Waals surface area contributed by atoms with E-state index in [0.717, 1.165) is 29.4 Å². The molecule has 0 spiro atoms. The van der Waals surface area contributed by atoms with E-state index in [-0.39, 0.29) is 11.8 Å². The molecule has 23 heavy (non-hydrogen) atoms. The number of amides is 1. The van der Waals surface area contributed by atoms with Gasteiger partial charge in [0.2, 0.25) is 5.95 Å². The molecular weight excluding hydrogens is 312 g/mol. The van der Waals surface area contributed by atoms with Crippen LogP contribution in [0.2, 0.25) is 0 Å². The molecule has 1 fully saturated rings. The summed E-state index contributed by atoms with van der Waals surface area (Å²) in [5.74, 6) is 1.13. The third-order valence-electron chi connectivity index (χ3n) is 4.30. The van der Waals surface area contributed by atoms with Gasteiger partial charge < -0.3 is 10.2 Å². The summed E-state index contributed by atoms with van der Waals surface area (Å²) in [5.41, 5.74) is 1.59. The van der Waals surface area contributed by atoms with Crippen molar-refractivity contribution in [3.63, 3.8) is 0 Å². The van der Waals surface area contributed by atoms with E-state index in [2.05, 4.69) is 20.2 Å². The van der Waals surface area contributed by atoms with Crippen LogP contribution in [0.25, 0.3) is 4.83 Å². The normalized spacial score (nSPS) is 18.0. The number of carbonyl (C=O) groups excluding carboxylic acids is 1. The Labute approximate surface area is 137 Å². The fourth-order valence-corrected chi connectivity index (χ4v) is 4.05. The number of rotatable bonds is 3. The topological polar surface area (TPSA) is 67.5 Å². The molecule has 3 aromatic rings. The lowest BCUT2D eigenvalue weighted by Gasteiger charge is -2.14. The Hall–Kier alpha value is -2.35. The monoisotopic (exact) mass is 330 g/mol. The van der Waals surface area contributed by atoms with Crippen molar-refractivity contribution in [2.45, 2.75) is 12.3 Å². The zero-order chi connectivity index (χ0) is 16.0. The Morgan fingerprint density at radius 1 is 1.43 bits per heavy atom. The molecule has 7 nitrogen and oxygen atoms in total. The zero-order valence-corrected chi connectivity index (χ0v) is 13.9. The highest BCUT2D eigenvalue weighted by molar-refractivity contribution is 7.15. The van der Waals surface area contributed by atoms with Crippen LogP contribution in [0.1, 0.15) is 28.5 Å². The molecule has 120 valence electrons. The smallest absolute Gasteiger partial charge is 0.274 e. The van der Waals surface area contributed by atoms with Crippen LogP contribution in [0, 0.1) is 0 Å². The molecule has 4 rings (SSSR count). The first-order chi connectivity index (χ1) is 11.2. The fourth-order valence-electron chi connectivity index (χ4n) is 3.15. The van der Waals surface area contributed by atoms with Gasteiger partial charge in [0.25, 0.3) is 5.91 Å². The Morgan fingerprint density at radius 2 is 2.30 bits per heavy atom. The molecule has 0 radical (unpaired) electrons. The molecule has 1 atom stereocenters. The summed E-state index contributed by atoms with van der Waals surface area (Å²) in [7, 11) is 3.70. The minimum absolute atomic E-state index is 0.00331. The second kappa shape index (κ2) is 5.38. The molecule has 1 aliphatic rings. The van der Waals surface area contributed by atoms with Crippen molar-refractivity contribution in [1.82, 2.24) is 24.1 Å². The van der Waals surface area contributed by atoms with E-state index in [1.807, 2.05) is 25.2 Å². The number of nitrogens with one attached hydrogen (secondary N) is 1. The highest BCUT2D eigenvalue weighted by Crippen LogP contribution is 2.33. The molecule has 3 aromatic heterocycles. The summed E-state index contributed by atoms with van der Waals surface area (Å²) in [5, 5.41) is 9.40. The van der Waals surface area contributed by atoms with Gasteiger partial charge in [-0.2, -0.15) is 5.10 Å². The van der Waals surface area contributed by atoms with Crippen molar-refractivity contribution >= 4 is 28.0 Å². The number of aromatic nitrogens is 4. The molecule has 0 saturated carbocycles. The van der Waals surface area contributed by atoms with Gasteiger partial charge in [0.1, 0.15) is 10.5 Å². The fraction of sp³-hybridized carbons (Fsp3) is 0.400. The predicted molar refractivity (Wildman–Crippen MR) is 89.1 cm³/mol. The average Bonchev–Trinajstić information content (AvgIpc) is 3.30. The number of hydrogen-bond acceptors (Lipinski definition) is 5. The lowest BCUT2D eigenvalue weighted by Crippen LogP contribution is -2.29. The number of aryl methyl sites for hydroxylation is 1. The molecule has 0 bridgehead atoms. The van der Waals surface area contributed by atoms with Crippen molar-refractivity contribution in [2.24, 2.45) is 7.05 Å². The van der Waals surface area contributed by atoms with Crippen LogP contribution in [-0.4, -0.2) is 50.1 Å². The SMILES string of the molecule is CNc1nc(C2CCN(C(=O)c3ccn(C)n3)C2)c2sccn12. The van der Waals surface area contributed by atoms with Gasteiger partial charge in [0.05, 0.1) is 5.69 Å². The van der Waals surface area contributed by atoms with E-state index < -0.39 is 0 Å². The molecule has 1 unspecified atom stereocenters. The Balaban J connectivity index is 1.58. The second-order valence-corrected chi connectivity index (χ2v) is 6.65. The van der Waals surface area contributed by atoms with E-state index in [4.69, 9.17) is 4.98 Å². The van der Waals surface area contributed by atoms with Crippen molar-refractivity contribution in [2.75, 3.05) is 25.5 Å². The predicted octanol–water partition coefficient (Wildman–Crippen LogP) is 1.80. The van der Waals surface area contributed by atoms with Gasteiger partial charge in [-0.15, -0.1) is 11.3 Å². The van der Waals surface area contributed by atoms with Gasteiger partial charge in [-0.25, -0.2) is 4.98 Å². The molecular formula is C15H18N6OS. The van der Waals surface area contributed by atoms with Gasteiger partial charge in [0, 0.05) is 50.9 Å². The highest BCUT2D eigenvalue weighted by atomic mass is 32.1. The maximum atomic E-state index is 12.5. The molecule has 0 aliphatic carbocycles. The van der Waals surface area contributed by atoms with Gasteiger partial charge in [-0.1, -0.05) is 0 Å². The number of imidazole rings is 1. The van der Waals surface area contributed by atoms with E-state index >= 15 is 0 Å². The first-order valence-electron chi connectivity index (χ1n) is 7.59. The third-order valence-corrected chi connectivity index (χ3v) is 5.19.